The molecular formula is C42H47N. The van der Waals surface area contributed by atoms with Crippen LogP contribution in [-0.2, 0) is 16.2 Å². The Hall–Kier alpha value is -4.10. The average Bonchev–Trinajstić information content (AvgIpc) is 2.96. The van der Waals surface area contributed by atoms with Crippen LogP contribution in [0.1, 0.15) is 79.0 Å². The summed E-state index contributed by atoms with van der Waals surface area (Å²) in [4.78, 5) is 0. The Labute approximate surface area is 260 Å². The summed E-state index contributed by atoms with van der Waals surface area (Å²) in [5.41, 5.74) is 13.6. The van der Waals surface area contributed by atoms with Gasteiger partial charge in [0.15, 0.2) is 0 Å². The molecule has 1 nitrogen and oxygen atoms in total. The normalized spacial score (nSPS) is 12.3. The summed E-state index contributed by atoms with van der Waals surface area (Å²) in [5.74, 6) is 0. The fourth-order valence-electron chi connectivity index (χ4n) is 5.51. The summed E-state index contributed by atoms with van der Waals surface area (Å²) < 4.78 is 0. The molecule has 0 unspecified atom stereocenters. The van der Waals surface area contributed by atoms with Gasteiger partial charge in [-0.3, -0.25) is 0 Å². The second-order valence-electron chi connectivity index (χ2n) is 14.9. The number of hydrogen-bond acceptors (Lipinski definition) is 1. The molecule has 0 fully saturated rings. The van der Waals surface area contributed by atoms with E-state index in [0.717, 1.165) is 11.4 Å². The van der Waals surface area contributed by atoms with Gasteiger partial charge in [0.2, 0.25) is 0 Å². The first kappa shape index (κ1) is 30.4. The van der Waals surface area contributed by atoms with Crippen LogP contribution in [-0.4, -0.2) is 0 Å². The van der Waals surface area contributed by atoms with Crippen LogP contribution in [0.5, 0.6) is 0 Å². The molecule has 0 heterocycles. The average molecular weight is 566 g/mol. The fourth-order valence-corrected chi connectivity index (χ4v) is 5.51. The molecule has 0 aromatic heterocycles. The third-order valence-electron chi connectivity index (χ3n) is 8.30. The molecule has 0 aliphatic carbocycles. The monoisotopic (exact) mass is 565 g/mol. The zero-order valence-electron chi connectivity index (χ0n) is 27.5. The van der Waals surface area contributed by atoms with E-state index in [1.54, 1.807) is 0 Å². The van der Waals surface area contributed by atoms with Gasteiger partial charge in [-0.25, -0.2) is 0 Å². The van der Waals surface area contributed by atoms with Gasteiger partial charge in [0.1, 0.15) is 0 Å². The minimum atomic E-state index is -0.00527. The lowest BCUT2D eigenvalue weighted by molar-refractivity contribution is 0.589. The van der Waals surface area contributed by atoms with E-state index in [9.17, 15) is 0 Å². The summed E-state index contributed by atoms with van der Waals surface area (Å²) in [6.07, 6.45) is 0. The SMILES string of the molecule is CC(C)(C)c1cccc(-c2cc(Nc3c(-c4ccccc4)cc(C(C)(C)C)cc3-c3ccccc3)cc(C(C)(C)C)c2)c1. The van der Waals surface area contributed by atoms with E-state index in [4.69, 9.17) is 0 Å². The Kier molecular flexibility index (Phi) is 8.14. The number of anilines is 2. The van der Waals surface area contributed by atoms with Gasteiger partial charge in [-0.2, -0.15) is 0 Å². The van der Waals surface area contributed by atoms with Crippen LogP contribution in [0.25, 0.3) is 33.4 Å². The maximum Gasteiger partial charge on any atom is 0.0543 e. The molecular weight excluding hydrogens is 518 g/mol. The van der Waals surface area contributed by atoms with Crippen molar-refractivity contribution in [3.05, 3.63) is 132 Å². The van der Waals surface area contributed by atoms with Gasteiger partial charge in [0, 0.05) is 16.8 Å². The van der Waals surface area contributed by atoms with Gasteiger partial charge >= 0.3 is 0 Å². The van der Waals surface area contributed by atoms with Crippen LogP contribution in [0.15, 0.2) is 115 Å². The van der Waals surface area contributed by atoms with Gasteiger partial charge in [0.05, 0.1) is 5.69 Å². The van der Waals surface area contributed by atoms with Crippen molar-refractivity contribution in [1.29, 1.82) is 0 Å². The number of nitrogens with one attached hydrogen (secondary N) is 1. The van der Waals surface area contributed by atoms with Crippen molar-refractivity contribution < 1.29 is 0 Å². The summed E-state index contributed by atoms with van der Waals surface area (Å²) in [5, 5.41) is 3.98. The van der Waals surface area contributed by atoms with E-state index in [1.807, 2.05) is 0 Å². The molecule has 0 bridgehead atoms. The molecule has 0 aliphatic heterocycles. The highest BCUT2D eigenvalue weighted by Crippen LogP contribution is 2.43. The van der Waals surface area contributed by atoms with Crippen LogP contribution in [0.3, 0.4) is 0 Å². The Morgan fingerprint density at radius 2 is 0.814 bits per heavy atom. The lowest BCUT2D eigenvalue weighted by atomic mass is 9.82. The molecule has 0 aliphatic rings. The molecule has 0 amide bonds. The second-order valence-corrected chi connectivity index (χ2v) is 14.9. The van der Waals surface area contributed by atoms with Crippen LogP contribution in [0, 0.1) is 0 Å². The molecule has 0 saturated carbocycles. The van der Waals surface area contributed by atoms with E-state index in [1.165, 1.54) is 50.1 Å². The highest BCUT2D eigenvalue weighted by atomic mass is 14.9. The molecule has 5 rings (SSSR count). The number of benzene rings is 5. The highest BCUT2D eigenvalue weighted by Gasteiger charge is 2.22. The first-order chi connectivity index (χ1) is 20.2. The van der Waals surface area contributed by atoms with E-state index in [-0.39, 0.29) is 16.2 Å². The zero-order valence-corrected chi connectivity index (χ0v) is 27.5. The first-order valence-electron chi connectivity index (χ1n) is 15.5. The minimum Gasteiger partial charge on any atom is -0.354 e. The zero-order chi connectivity index (χ0) is 31.0. The Bertz CT molecular complexity index is 1650. The molecule has 0 spiro atoms. The van der Waals surface area contributed by atoms with Crippen LogP contribution in [0.4, 0.5) is 11.4 Å². The van der Waals surface area contributed by atoms with Crippen molar-refractivity contribution in [2.45, 2.75) is 78.6 Å². The summed E-state index contributed by atoms with van der Waals surface area (Å²) in [6, 6.07) is 42.4. The van der Waals surface area contributed by atoms with Gasteiger partial charge in [-0.15, -0.1) is 0 Å². The first-order valence-corrected chi connectivity index (χ1v) is 15.5. The van der Waals surface area contributed by atoms with Crippen LogP contribution in [0.2, 0.25) is 0 Å². The third kappa shape index (κ3) is 6.94. The van der Waals surface area contributed by atoms with Crippen molar-refractivity contribution >= 4 is 11.4 Å². The molecule has 43 heavy (non-hydrogen) atoms. The Morgan fingerprint density at radius 1 is 0.372 bits per heavy atom. The quantitative estimate of drug-likeness (QED) is 0.223. The van der Waals surface area contributed by atoms with Crippen molar-refractivity contribution in [2.75, 3.05) is 5.32 Å². The maximum absolute atomic E-state index is 3.98. The number of rotatable bonds is 5. The van der Waals surface area contributed by atoms with E-state index >= 15 is 0 Å². The van der Waals surface area contributed by atoms with Crippen molar-refractivity contribution in [3.8, 4) is 33.4 Å². The van der Waals surface area contributed by atoms with Crippen LogP contribution < -0.4 is 5.32 Å². The Balaban J connectivity index is 1.76. The lowest BCUT2D eigenvalue weighted by Gasteiger charge is -2.26. The van der Waals surface area contributed by atoms with E-state index in [0.29, 0.717) is 0 Å². The van der Waals surface area contributed by atoms with Gasteiger partial charge in [0.25, 0.3) is 0 Å². The van der Waals surface area contributed by atoms with E-state index < -0.39 is 0 Å². The largest absolute Gasteiger partial charge is 0.354 e. The number of hydrogen-bond donors (Lipinski definition) is 1. The third-order valence-corrected chi connectivity index (χ3v) is 8.30. The fraction of sp³-hybridized carbons (Fsp3) is 0.286. The Morgan fingerprint density at radius 3 is 1.30 bits per heavy atom. The molecule has 220 valence electrons. The maximum atomic E-state index is 3.98. The van der Waals surface area contributed by atoms with Crippen molar-refractivity contribution in [1.82, 2.24) is 0 Å². The van der Waals surface area contributed by atoms with E-state index in [2.05, 4.69) is 183 Å². The predicted octanol–water partition coefficient (Wildman–Crippen LogP) is 12.3. The van der Waals surface area contributed by atoms with Crippen molar-refractivity contribution in [3.63, 3.8) is 0 Å². The molecule has 5 aromatic rings. The predicted molar refractivity (Wildman–Crippen MR) is 189 cm³/mol. The molecule has 0 radical (unpaired) electrons. The summed E-state index contributed by atoms with van der Waals surface area (Å²) >= 11 is 0. The highest BCUT2D eigenvalue weighted by molar-refractivity contribution is 5.94. The van der Waals surface area contributed by atoms with Gasteiger partial charge in [-0.05, 0) is 79.5 Å². The second kappa shape index (κ2) is 11.5. The van der Waals surface area contributed by atoms with Crippen molar-refractivity contribution in [2.24, 2.45) is 0 Å². The topological polar surface area (TPSA) is 12.0 Å². The summed E-state index contributed by atoms with van der Waals surface area (Å²) in [7, 11) is 0. The summed E-state index contributed by atoms with van der Waals surface area (Å²) in [6.45, 7) is 20.6. The molecule has 0 saturated heterocycles. The van der Waals surface area contributed by atoms with Gasteiger partial charge < -0.3 is 5.32 Å². The molecule has 1 N–H and O–H groups in total. The minimum absolute atomic E-state index is 0.00296. The van der Waals surface area contributed by atoms with Gasteiger partial charge in [-0.1, -0.05) is 153 Å². The molecule has 1 heteroatoms. The lowest BCUT2D eigenvalue weighted by Crippen LogP contribution is -2.13. The van der Waals surface area contributed by atoms with Crippen LogP contribution >= 0.6 is 0 Å². The molecule has 0 atom stereocenters. The smallest absolute Gasteiger partial charge is 0.0543 e. The molecule has 5 aromatic carbocycles. The standard InChI is InChI=1S/C42H47N/c1-40(2,3)33-22-16-21-31(23-33)32-24-34(41(4,5)6)26-36(25-32)43-39-37(29-17-12-10-13-18-29)27-35(42(7,8)9)28-38(39)30-19-14-11-15-20-30/h10-28,43H,1-9H3.